The second-order valence-corrected chi connectivity index (χ2v) is 23.2. The van der Waals surface area contributed by atoms with Crippen molar-refractivity contribution in [3.63, 3.8) is 0 Å². The second kappa shape index (κ2) is 24.7. The molecule has 0 amide bonds. The van der Waals surface area contributed by atoms with E-state index in [2.05, 4.69) is 63.7 Å². The van der Waals surface area contributed by atoms with Gasteiger partial charge in [0.2, 0.25) is 17.2 Å². The topological polar surface area (TPSA) is 483 Å². The van der Waals surface area contributed by atoms with E-state index in [1.54, 1.807) is 13.0 Å². The first-order valence-electron chi connectivity index (χ1n) is 19.0. The van der Waals surface area contributed by atoms with Gasteiger partial charge in [-0.05, 0) is 79.2 Å². The van der Waals surface area contributed by atoms with Crippen molar-refractivity contribution in [2.45, 2.75) is 31.4 Å². The van der Waals surface area contributed by atoms with Crippen LogP contribution in [0.3, 0.4) is 0 Å². The zero-order valence-electron chi connectivity index (χ0n) is 36.1. The molecule has 0 fully saturated rings. The van der Waals surface area contributed by atoms with Gasteiger partial charge in [-0.3, -0.25) is 17.8 Å². The first-order chi connectivity index (χ1) is 34.2. The number of azo groups is 2. The van der Waals surface area contributed by atoms with Crippen LogP contribution in [0.4, 0.5) is 57.4 Å². The maximum atomic E-state index is 13.0. The second-order valence-electron chi connectivity index (χ2n) is 13.5. The minimum absolute atomic E-state index is 0.0275. The van der Waals surface area contributed by atoms with E-state index in [0.717, 1.165) is 12.1 Å². The molecular formula is C33H34ClN11O21S7. The van der Waals surface area contributed by atoms with Gasteiger partial charge in [0.05, 0.1) is 62.8 Å². The molecule has 10 N–H and O–H groups in total. The molecule has 0 spiro atoms. The molecule has 0 aliphatic heterocycles. The van der Waals surface area contributed by atoms with Crippen molar-refractivity contribution in [3.8, 4) is 0 Å². The number of rotatable bonds is 26. The molecule has 5 rings (SSSR count). The van der Waals surface area contributed by atoms with Crippen molar-refractivity contribution < 1.29 is 93.4 Å². The van der Waals surface area contributed by atoms with Crippen LogP contribution in [0.2, 0.25) is 5.28 Å². The molecule has 73 heavy (non-hydrogen) atoms. The standard InChI is InChI=1S/C33H34ClN11O21S7/c1-2-45(19-4-3-5-20(15-19)69(48,49)12-10-61-68-66-64-47)33-39-31(34)38-32(40-33)37-18-6-9-25(67-65-63-46)23(14-18)42-44-30-28(35)24(17-27(29(30)36)72(55,56)57)43-41-22-8-7-21(16-26(22)71(52,53)54)70(50,51)13-11-62-73(58,59)60/h3-9,14-17,46-47H,2,10-13,35-36H2,1H3,(H,52,53,54)(H,55,56,57)(H,58,59,60)(H,37,38,39,40). The quantitative estimate of drug-likeness (QED) is 0.00625. The molecule has 0 atom stereocenters. The maximum absolute atomic E-state index is 13.0. The van der Waals surface area contributed by atoms with Gasteiger partial charge in [-0.25, -0.2) is 31.5 Å². The number of aromatic nitrogens is 3. The van der Waals surface area contributed by atoms with Crippen LogP contribution in [-0.2, 0) is 77.4 Å². The van der Waals surface area contributed by atoms with Crippen molar-refractivity contribution in [1.29, 1.82) is 0 Å². The summed E-state index contributed by atoms with van der Waals surface area (Å²) in [5.41, 5.74) is 9.02. The Hall–Kier alpha value is -5.41. The predicted octanol–water partition coefficient (Wildman–Crippen LogP) is 5.71. The molecule has 1 heterocycles. The number of anilines is 6. The van der Waals surface area contributed by atoms with E-state index in [-0.39, 0.29) is 63.8 Å². The van der Waals surface area contributed by atoms with E-state index in [4.69, 9.17) is 42.3 Å². The van der Waals surface area contributed by atoms with E-state index in [9.17, 15) is 51.2 Å². The lowest BCUT2D eigenvalue weighted by Crippen LogP contribution is -2.20. The summed E-state index contributed by atoms with van der Waals surface area (Å²) in [5.74, 6) is -1.81. The number of hydrogen-bond donors (Lipinski definition) is 8. The number of nitrogens with one attached hydrogen (secondary N) is 1. The molecule has 5 aromatic rings. The minimum Gasteiger partial charge on any atom is -0.396 e. The van der Waals surface area contributed by atoms with E-state index < -0.39 is 112 Å². The van der Waals surface area contributed by atoms with Gasteiger partial charge in [0.1, 0.15) is 32.5 Å². The number of nitrogens with zero attached hydrogens (tertiary/aromatic N) is 8. The molecule has 1 aromatic heterocycles. The van der Waals surface area contributed by atoms with Crippen molar-refractivity contribution in [3.05, 3.63) is 72.0 Å². The fourth-order valence-corrected chi connectivity index (χ4v) is 10.6. The van der Waals surface area contributed by atoms with E-state index >= 15 is 0 Å². The van der Waals surface area contributed by atoms with Gasteiger partial charge in [0.15, 0.2) is 32.0 Å². The average Bonchev–Trinajstić information content (AvgIpc) is 3.29. The summed E-state index contributed by atoms with van der Waals surface area (Å²) < 4.78 is 169. The van der Waals surface area contributed by atoms with Crippen LogP contribution in [0.15, 0.2) is 112 Å². The fourth-order valence-electron chi connectivity index (χ4n) is 5.68. The predicted molar refractivity (Wildman–Crippen MR) is 254 cm³/mol. The fraction of sp³-hybridized carbons (Fsp3) is 0.182. The molecule has 0 unspecified atom stereocenters. The number of nitrogen functional groups attached to an aromatic ring is 2. The van der Waals surface area contributed by atoms with E-state index in [1.165, 1.54) is 41.3 Å². The van der Waals surface area contributed by atoms with Gasteiger partial charge >= 0.3 is 10.4 Å². The van der Waals surface area contributed by atoms with Crippen LogP contribution in [0, 0.1) is 0 Å². The molecule has 0 aliphatic carbocycles. The summed E-state index contributed by atoms with van der Waals surface area (Å²) in [5, 5.41) is 42.1. The molecule has 32 nitrogen and oxygen atoms in total. The highest BCUT2D eigenvalue weighted by Gasteiger charge is 2.26. The molecule has 396 valence electrons. The molecule has 0 aliphatic rings. The molecule has 40 heteroatoms. The van der Waals surface area contributed by atoms with Crippen LogP contribution in [0.5, 0.6) is 0 Å². The number of sulfone groups is 2. The number of hydrogen-bond acceptors (Lipinski definition) is 31. The largest absolute Gasteiger partial charge is 0.397 e. The summed E-state index contributed by atoms with van der Waals surface area (Å²) in [4.78, 5) is 11.1. The normalized spacial score (nSPS) is 12.8. The van der Waals surface area contributed by atoms with Gasteiger partial charge in [-0.2, -0.15) is 40.2 Å². The Morgan fingerprint density at radius 2 is 1.34 bits per heavy atom. The average molecular weight is 1180 g/mol. The highest BCUT2D eigenvalue weighted by Crippen LogP contribution is 2.44. The number of nitrogens with two attached hydrogens (primary N) is 2. The monoisotopic (exact) mass is 1180 g/mol. The Balaban J connectivity index is 1.50. The minimum atomic E-state index is -5.33. The molecule has 0 radical (unpaired) electrons. The highest BCUT2D eigenvalue weighted by atomic mass is 35.5. The van der Waals surface area contributed by atoms with E-state index in [0.29, 0.717) is 29.9 Å². The zero-order valence-corrected chi connectivity index (χ0v) is 42.6. The lowest BCUT2D eigenvalue weighted by molar-refractivity contribution is -0.434. The number of benzene rings is 4. The van der Waals surface area contributed by atoms with Crippen molar-refractivity contribution >= 4 is 144 Å². The molecular weight excluding hydrogens is 1150 g/mol. The Morgan fingerprint density at radius 1 is 0.699 bits per heavy atom. The lowest BCUT2D eigenvalue weighted by atomic mass is 10.2. The van der Waals surface area contributed by atoms with Crippen molar-refractivity contribution in [1.82, 2.24) is 15.0 Å². The Bertz CT molecular complexity index is 3490. The summed E-state index contributed by atoms with van der Waals surface area (Å²) in [6.07, 6.45) is 0. The third kappa shape index (κ3) is 16.3. The smallest absolute Gasteiger partial charge is 0.396 e. The molecule has 0 saturated heterocycles. The van der Waals surface area contributed by atoms with Gasteiger partial charge in [0.25, 0.3) is 20.2 Å². The summed E-state index contributed by atoms with van der Waals surface area (Å²) in [7, 11) is -24.1. The van der Waals surface area contributed by atoms with Crippen molar-refractivity contribution in [2.24, 2.45) is 20.5 Å². The van der Waals surface area contributed by atoms with Gasteiger partial charge in [0, 0.05) is 17.9 Å². The molecule has 4 aromatic carbocycles. The van der Waals surface area contributed by atoms with Crippen LogP contribution >= 0.6 is 36.0 Å². The third-order valence-electron chi connectivity index (χ3n) is 8.83. The van der Waals surface area contributed by atoms with Gasteiger partial charge in [-0.1, -0.05) is 16.1 Å². The van der Waals surface area contributed by atoms with Crippen LogP contribution in [0.25, 0.3) is 0 Å². The molecule has 0 bridgehead atoms. The summed E-state index contributed by atoms with van der Waals surface area (Å²) >= 11 is 6.89. The molecule has 0 saturated carbocycles. The maximum Gasteiger partial charge on any atom is 0.397 e. The first kappa shape index (κ1) is 58.5. The lowest BCUT2D eigenvalue weighted by Gasteiger charge is -2.22. The first-order valence-corrected chi connectivity index (χ1v) is 28.3. The Labute approximate surface area is 426 Å². The SMILES string of the molecule is CCN(c1cccc(S(=O)(=O)CCOSOOO)c1)c1nc(Cl)nc(Nc2ccc(SOOO)c(N=Nc3c(N)c(N=Nc4ccc(S(=O)(=O)CCOS(=O)(=O)O)cc4S(=O)(=O)O)cc(S(=O)(=O)O)c3N)c2)n1. The van der Waals surface area contributed by atoms with E-state index in [1.807, 2.05) is 0 Å². The highest BCUT2D eigenvalue weighted by molar-refractivity contribution is 7.94. The van der Waals surface area contributed by atoms with Crippen LogP contribution in [0.1, 0.15) is 6.92 Å². The summed E-state index contributed by atoms with van der Waals surface area (Å²) in [6, 6.07) is 12.3. The number of halogens is 1. The zero-order chi connectivity index (χ0) is 53.9. The van der Waals surface area contributed by atoms with Crippen LogP contribution in [-0.4, -0.2) is 112 Å². The third-order valence-corrected chi connectivity index (χ3v) is 15.6. The summed E-state index contributed by atoms with van der Waals surface area (Å²) in [6.45, 7) is 0.456. The Morgan fingerprint density at radius 3 is 1.99 bits per heavy atom. The Kier molecular flexibility index (Phi) is 19.8. The van der Waals surface area contributed by atoms with Crippen LogP contribution < -0.4 is 21.7 Å². The van der Waals surface area contributed by atoms with Gasteiger partial charge in [-0.15, -0.1) is 29.1 Å². The van der Waals surface area contributed by atoms with Crippen molar-refractivity contribution in [2.75, 3.05) is 52.9 Å². The van der Waals surface area contributed by atoms with Gasteiger partial charge < -0.3 is 21.7 Å².